The van der Waals surface area contributed by atoms with E-state index >= 15 is 0 Å². The normalized spacial score (nSPS) is 13.8. The number of nitrogens with one attached hydrogen (secondary N) is 2. The molecule has 3 N–H and O–H groups in total. The number of H-pyrrole nitrogens is 1. The van der Waals surface area contributed by atoms with Gasteiger partial charge in [0.15, 0.2) is 0 Å². The molecule has 1 unspecified atom stereocenters. The minimum atomic E-state index is -0.436. The zero-order valence-electron chi connectivity index (χ0n) is 16.1. The van der Waals surface area contributed by atoms with Crippen molar-refractivity contribution >= 4 is 21.8 Å². The van der Waals surface area contributed by atoms with Crippen LogP contribution in [-0.2, 0) is 6.54 Å². The highest BCUT2D eigenvalue weighted by Gasteiger charge is 2.10. The first kappa shape index (κ1) is 18.6. The fraction of sp³-hybridized carbons (Fsp3) is 0.304. The van der Waals surface area contributed by atoms with Crippen LogP contribution in [0.4, 0.5) is 0 Å². The lowest BCUT2D eigenvalue weighted by Gasteiger charge is -2.16. The molecule has 5 nitrogen and oxygen atoms in total. The molecule has 0 aliphatic heterocycles. The van der Waals surface area contributed by atoms with Crippen molar-refractivity contribution in [3.8, 4) is 0 Å². The first-order valence-corrected chi connectivity index (χ1v) is 9.86. The number of rotatable bonds is 8. The van der Waals surface area contributed by atoms with Crippen LogP contribution >= 0.6 is 0 Å². The first-order chi connectivity index (χ1) is 13.7. The second-order valence-electron chi connectivity index (χ2n) is 7.46. The Morgan fingerprint density at radius 3 is 2.93 bits per heavy atom. The molecule has 5 heteroatoms. The molecular formula is C23H26N4O. The summed E-state index contributed by atoms with van der Waals surface area (Å²) in [6, 6.07) is 14.8. The van der Waals surface area contributed by atoms with Gasteiger partial charge >= 0.3 is 0 Å². The maximum atomic E-state index is 10.5. The zero-order valence-corrected chi connectivity index (χ0v) is 16.1. The minimum absolute atomic E-state index is 0.399. The van der Waals surface area contributed by atoms with Gasteiger partial charge in [-0.1, -0.05) is 18.2 Å². The van der Waals surface area contributed by atoms with Gasteiger partial charge < -0.3 is 15.4 Å². The summed E-state index contributed by atoms with van der Waals surface area (Å²) in [7, 11) is 0. The number of nitrogens with zero attached hydrogens (tertiary/aromatic N) is 2. The summed E-state index contributed by atoms with van der Waals surface area (Å²) < 4.78 is 0. The smallest absolute Gasteiger partial charge is 0.0931 e. The predicted molar refractivity (Wildman–Crippen MR) is 113 cm³/mol. The van der Waals surface area contributed by atoms with Crippen molar-refractivity contribution in [2.45, 2.75) is 44.9 Å². The Morgan fingerprint density at radius 1 is 1.07 bits per heavy atom. The number of aliphatic hydroxyl groups excluding tert-OH is 1. The molecule has 2 atom stereocenters. The Kier molecular flexibility index (Phi) is 5.65. The Bertz CT molecular complexity index is 1060. The van der Waals surface area contributed by atoms with Gasteiger partial charge in [0.1, 0.15) is 0 Å². The van der Waals surface area contributed by atoms with Crippen LogP contribution in [0.25, 0.3) is 21.8 Å². The molecule has 144 valence electrons. The molecule has 0 bridgehead atoms. The zero-order chi connectivity index (χ0) is 19.3. The standard InChI is InChI=1S/C23H26N4O/c1-16(25-13-17-5-6-20-14-24-10-9-18(20)11-17)3-2-4-23(28)19-7-8-21-22(12-19)27-15-26-21/h5-12,14-16,23,25,28H,2-4,13H2,1H3,(H,26,27)/t16-,23?/m1/s1. The maximum absolute atomic E-state index is 10.5. The van der Waals surface area contributed by atoms with Gasteiger partial charge in [-0.2, -0.15) is 0 Å². The third-order valence-electron chi connectivity index (χ3n) is 5.30. The number of fused-ring (bicyclic) bond motifs is 2. The average Bonchev–Trinajstić information content (AvgIpc) is 3.20. The van der Waals surface area contributed by atoms with E-state index in [4.69, 9.17) is 0 Å². The molecule has 2 heterocycles. The molecule has 0 saturated heterocycles. The third-order valence-corrected chi connectivity index (χ3v) is 5.30. The van der Waals surface area contributed by atoms with E-state index in [-0.39, 0.29) is 0 Å². The molecule has 0 radical (unpaired) electrons. The molecule has 0 fully saturated rings. The van der Waals surface area contributed by atoms with Crippen LogP contribution in [-0.4, -0.2) is 26.1 Å². The number of aliphatic hydroxyl groups is 1. The van der Waals surface area contributed by atoms with E-state index in [2.05, 4.69) is 45.4 Å². The lowest BCUT2D eigenvalue weighted by atomic mass is 10.0. The Labute approximate surface area is 164 Å². The quantitative estimate of drug-likeness (QED) is 0.425. The summed E-state index contributed by atoms with van der Waals surface area (Å²) in [4.78, 5) is 11.5. The SMILES string of the molecule is C[C@H](CCCC(O)c1ccc2nc[nH]c2c1)NCc1ccc2cnccc2c1. The van der Waals surface area contributed by atoms with Crippen LogP contribution in [0.15, 0.2) is 61.2 Å². The summed E-state index contributed by atoms with van der Waals surface area (Å²) in [5.41, 5.74) is 4.12. The molecule has 0 amide bonds. The first-order valence-electron chi connectivity index (χ1n) is 9.86. The van der Waals surface area contributed by atoms with E-state index in [1.807, 2.05) is 36.7 Å². The van der Waals surface area contributed by atoms with Crippen LogP contribution in [0, 0.1) is 0 Å². The third kappa shape index (κ3) is 4.38. The molecule has 4 aromatic rings. The number of aromatic amines is 1. The van der Waals surface area contributed by atoms with Crippen molar-refractivity contribution in [2.75, 3.05) is 0 Å². The van der Waals surface area contributed by atoms with Crippen molar-refractivity contribution in [1.82, 2.24) is 20.3 Å². The van der Waals surface area contributed by atoms with Crippen LogP contribution in [0.5, 0.6) is 0 Å². The van der Waals surface area contributed by atoms with Gasteiger partial charge in [0.05, 0.1) is 23.5 Å². The van der Waals surface area contributed by atoms with Crippen molar-refractivity contribution in [3.05, 3.63) is 72.3 Å². The van der Waals surface area contributed by atoms with E-state index < -0.39 is 6.10 Å². The highest BCUT2D eigenvalue weighted by molar-refractivity contribution is 5.82. The van der Waals surface area contributed by atoms with E-state index in [0.29, 0.717) is 6.04 Å². The molecular weight excluding hydrogens is 348 g/mol. The Hall–Kier alpha value is -2.76. The molecule has 0 aliphatic rings. The van der Waals surface area contributed by atoms with Crippen LogP contribution in [0.1, 0.15) is 43.4 Å². The van der Waals surface area contributed by atoms with Crippen molar-refractivity contribution in [1.29, 1.82) is 0 Å². The summed E-state index contributed by atoms with van der Waals surface area (Å²) in [5.74, 6) is 0. The second-order valence-corrected chi connectivity index (χ2v) is 7.46. The molecule has 2 aromatic heterocycles. The monoisotopic (exact) mass is 374 g/mol. The van der Waals surface area contributed by atoms with Crippen LogP contribution in [0.2, 0.25) is 0 Å². The van der Waals surface area contributed by atoms with Gasteiger partial charge in [0.25, 0.3) is 0 Å². The molecule has 28 heavy (non-hydrogen) atoms. The van der Waals surface area contributed by atoms with E-state index in [9.17, 15) is 5.11 Å². The van der Waals surface area contributed by atoms with E-state index in [1.165, 1.54) is 16.3 Å². The predicted octanol–water partition coefficient (Wildman–Crippen LogP) is 4.49. The number of imidazole rings is 1. The number of pyridine rings is 1. The van der Waals surface area contributed by atoms with Crippen LogP contribution in [0.3, 0.4) is 0 Å². The fourth-order valence-corrected chi connectivity index (χ4v) is 3.58. The second kappa shape index (κ2) is 8.50. The van der Waals surface area contributed by atoms with Gasteiger partial charge in [-0.05, 0) is 67.0 Å². The van der Waals surface area contributed by atoms with Crippen molar-refractivity contribution in [2.24, 2.45) is 0 Å². The van der Waals surface area contributed by atoms with E-state index in [1.54, 1.807) is 6.33 Å². The Morgan fingerprint density at radius 2 is 2.00 bits per heavy atom. The number of benzene rings is 2. The van der Waals surface area contributed by atoms with Gasteiger partial charge in [-0.15, -0.1) is 0 Å². The van der Waals surface area contributed by atoms with Gasteiger partial charge in [0, 0.05) is 30.4 Å². The lowest BCUT2D eigenvalue weighted by Crippen LogP contribution is -2.25. The van der Waals surface area contributed by atoms with E-state index in [0.717, 1.165) is 42.4 Å². The molecule has 0 spiro atoms. The highest BCUT2D eigenvalue weighted by Crippen LogP contribution is 2.22. The summed E-state index contributed by atoms with van der Waals surface area (Å²) in [6.07, 6.45) is 7.73. The molecule has 0 aliphatic carbocycles. The molecule has 2 aromatic carbocycles. The molecule has 4 rings (SSSR count). The largest absolute Gasteiger partial charge is 0.388 e. The minimum Gasteiger partial charge on any atom is -0.388 e. The number of hydrogen-bond acceptors (Lipinski definition) is 4. The lowest BCUT2D eigenvalue weighted by molar-refractivity contribution is 0.162. The van der Waals surface area contributed by atoms with Gasteiger partial charge in [-0.3, -0.25) is 4.98 Å². The Balaban J connectivity index is 1.24. The maximum Gasteiger partial charge on any atom is 0.0931 e. The summed E-state index contributed by atoms with van der Waals surface area (Å²) in [5, 5.41) is 16.5. The number of hydrogen-bond donors (Lipinski definition) is 3. The fourth-order valence-electron chi connectivity index (χ4n) is 3.58. The van der Waals surface area contributed by atoms with Crippen molar-refractivity contribution in [3.63, 3.8) is 0 Å². The molecule has 0 saturated carbocycles. The number of aromatic nitrogens is 3. The summed E-state index contributed by atoms with van der Waals surface area (Å²) in [6.45, 7) is 3.05. The van der Waals surface area contributed by atoms with Gasteiger partial charge in [0.2, 0.25) is 0 Å². The van der Waals surface area contributed by atoms with Crippen molar-refractivity contribution < 1.29 is 5.11 Å². The average molecular weight is 374 g/mol. The summed E-state index contributed by atoms with van der Waals surface area (Å²) >= 11 is 0. The van der Waals surface area contributed by atoms with Gasteiger partial charge in [-0.25, -0.2) is 4.98 Å². The topological polar surface area (TPSA) is 73.8 Å². The van der Waals surface area contributed by atoms with Crippen LogP contribution < -0.4 is 5.32 Å². The highest BCUT2D eigenvalue weighted by atomic mass is 16.3.